The van der Waals surface area contributed by atoms with Crippen molar-refractivity contribution in [2.45, 2.75) is 52.8 Å². The highest BCUT2D eigenvalue weighted by molar-refractivity contribution is 6.03. The highest BCUT2D eigenvalue weighted by atomic mass is 16.4. The fourth-order valence-corrected chi connectivity index (χ4v) is 7.53. The molecule has 1 fully saturated rings. The number of aliphatic hydroxyl groups is 1. The summed E-state index contributed by atoms with van der Waals surface area (Å²) in [4.78, 5) is 38.8. The number of β-amino-alcohol motifs (C(OH)–C–C–N with tert-alkyl or cyclic N) is 1. The van der Waals surface area contributed by atoms with E-state index in [0.29, 0.717) is 73.2 Å². The number of aromatic nitrogens is 3. The van der Waals surface area contributed by atoms with Gasteiger partial charge in [-0.25, -0.2) is 9.97 Å². The number of rotatable bonds is 9. The van der Waals surface area contributed by atoms with Gasteiger partial charge in [0.25, 0.3) is 5.91 Å². The van der Waals surface area contributed by atoms with Crippen molar-refractivity contribution < 1.29 is 24.2 Å². The van der Waals surface area contributed by atoms with Crippen molar-refractivity contribution >= 4 is 28.7 Å². The Balaban J connectivity index is 1.14. The van der Waals surface area contributed by atoms with Crippen LogP contribution in [-0.2, 0) is 31.4 Å². The molecule has 51 heavy (non-hydrogen) atoms. The third-order valence-electron chi connectivity index (χ3n) is 10.2. The maximum Gasteiger partial charge on any atom is 0.307 e. The maximum absolute atomic E-state index is 13.6. The minimum atomic E-state index is -0.777. The molecule has 2 aromatic heterocycles. The van der Waals surface area contributed by atoms with Crippen molar-refractivity contribution in [2.24, 2.45) is 13.0 Å². The van der Waals surface area contributed by atoms with E-state index in [1.54, 1.807) is 13.0 Å². The SMILES string of the molecule is Cc1c(NC(=O)c2nc3c(n2C)CCN(C[C@H](C)O)C3)cccc1-c1cccc(-c2nc3cc(CN4CC[C@H](C(=O)O)C4)cc(C#N)c3o2)c1C. The quantitative estimate of drug-likeness (QED) is 0.186. The average molecular weight is 688 g/mol. The zero-order valence-electron chi connectivity index (χ0n) is 29.2. The third-order valence-corrected chi connectivity index (χ3v) is 10.2. The second-order valence-electron chi connectivity index (χ2n) is 13.8. The van der Waals surface area contributed by atoms with Crippen LogP contribution in [0.15, 0.2) is 52.9 Å². The van der Waals surface area contributed by atoms with Crippen molar-refractivity contribution in [2.75, 3.05) is 31.5 Å². The minimum absolute atomic E-state index is 0.287. The fraction of sp³-hybridized carbons (Fsp3) is 0.359. The van der Waals surface area contributed by atoms with Crippen LogP contribution in [0.2, 0.25) is 0 Å². The first kappa shape index (κ1) is 34.1. The van der Waals surface area contributed by atoms with Crippen molar-refractivity contribution in [1.29, 1.82) is 5.26 Å². The molecule has 5 aromatic rings. The Morgan fingerprint density at radius 3 is 2.53 bits per heavy atom. The van der Waals surface area contributed by atoms with Gasteiger partial charge >= 0.3 is 5.97 Å². The number of likely N-dealkylation sites (tertiary alicyclic amines) is 1. The Hall–Kier alpha value is -5.35. The number of anilines is 1. The van der Waals surface area contributed by atoms with Crippen LogP contribution in [0.4, 0.5) is 5.69 Å². The molecular formula is C39H41N7O5. The predicted octanol–water partition coefficient (Wildman–Crippen LogP) is 5.28. The number of carboxylic acid groups (broad SMARTS) is 1. The van der Waals surface area contributed by atoms with E-state index in [1.165, 1.54) is 0 Å². The van der Waals surface area contributed by atoms with Gasteiger partial charge in [-0.3, -0.25) is 19.4 Å². The van der Waals surface area contributed by atoms with E-state index in [4.69, 9.17) is 14.4 Å². The van der Waals surface area contributed by atoms with Gasteiger partial charge in [0.15, 0.2) is 11.4 Å². The number of amides is 1. The second-order valence-corrected chi connectivity index (χ2v) is 13.8. The number of oxazole rings is 1. The number of hydrogen-bond donors (Lipinski definition) is 3. The number of nitrogens with one attached hydrogen (secondary N) is 1. The van der Waals surface area contributed by atoms with Crippen LogP contribution in [-0.4, -0.2) is 78.7 Å². The molecule has 262 valence electrons. The molecule has 0 saturated carbocycles. The number of fused-ring (bicyclic) bond motifs is 2. The summed E-state index contributed by atoms with van der Waals surface area (Å²) >= 11 is 0. The molecule has 2 aliphatic rings. The van der Waals surface area contributed by atoms with Crippen LogP contribution in [0.25, 0.3) is 33.7 Å². The summed E-state index contributed by atoms with van der Waals surface area (Å²) in [6.45, 7) is 9.42. The van der Waals surface area contributed by atoms with Crippen LogP contribution < -0.4 is 5.32 Å². The molecule has 0 aliphatic carbocycles. The number of benzene rings is 3. The lowest BCUT2D eigenvalue weighted by Gasteiger charge is -2.27. The Labute approximate surface area is 296 Å². The summed E-state index contributed by atoms with van der Waals surface area (Å²) in [5.41, 5.74) is 9.36. The van der Waals surface area contributed by atoms with E-state index in [1.807, 2.05) is 67.9 Å². The molecule has 12 nitrogen and oxygen atoms in total. The summed E-state index contributed by atoms with van der Waals surface area (Å²) in [6, 6.07) is 17.7. The molecule has 0 unspecified atom stereocenters. The molecule has 4 heterocycles. The Bertz CT molecular complexity index is 2210. The number of aliphatic hydroxyl groups excluding tert-OH is 1. The summed E-state index contributed by atoms with van der Waals surface area (Å²) in [5, 5.41) is 32.3. The fourth-order valence-electron chi connectivity index (χ4n) is 7.53. The third kappa shape index (κ3) is 6.63. The lowest BCUT2D eigenvalue weighted by Crippen LogP contribution is -2.36. The maximum atomic E-state index is 13.6. The summed E-state index contributed by atoms with van der Waals surface area (Å²) in [7, 11) is 1.87. The van der Waals surface area contributed by atoms with E-state index < -0.39 is 12.1 Å². The minimum Gasteiger partial charge on any atom is -0.481 e. The first-order valence-electron chi connectivity index (χ1n) is 17.3. The molecule has 12 heteroatoms. The van der Waals surface area contributed by atoms with Gasteiger partial charge in [-0.1, -0.05) is 24.3 Å². The van der Waals surface area contributed by atoms with Crippen LogP contribution in [0.3, 0.4) is 0 Å². The molecule has 3 N–H and O–H groups in total. The molecule has 2 aliphatic heterocycles. The van der Waals surface area contributed by atoms with Crippen LogP contribution in [0.5, 0.6) is 0 Å². The zero-order valence-corrected chi connectivity index (χ0v) is 29.2. The lowest BCUT2D eigenvalue weighted by molar-refractivity contribution is -0.141. The average Bonchev–Trinajstić information content (AvgIpc) is 3.83. The van der Waals surface area contributed by atoms with Gasteiger partial charge in [-0.15, -0.1) is 0 Å². The highest BCUT2D eigenvalue weighted by Crippen LogP contribution is 2.37. The van der Waals surface area contributed by atoms with E-state index in [-0.39, 0.29) is 11.8 Å². The predicted molar refractivity (Wildman–Crippen MR) is 192 cm³/mol. The Morgan fingerprint density at radius 2 is 1.80 bits per heavy atom. The van der Waals surface area contributed by atoms with Gasteiger partial charge in [0.05, 0.1) is 23.3 Å². The van der Waals surface area contributed by atoms with Gasteiger partial charge < -0.3 is 24.5 Å². The first-order chi connectivity index (χ1) is 24.5. The van der Waals surface area contributed by atoms with Gasteiger partial charge in [0.1, 0.15) is 11.6 Å². The molecule has 1 amide bonds. The zero-order chi connectivity index (χ0) is 36.0. The van der Waals surface area contributed by atoms with Crippen LogP contribution >= 0.6 is 0 Å². The first-order valence-corrected chi connectivity index (χ1v) is 17.3. The summed E-state index contributed by atoms with van der Waals surface area (Å²) in [6.07, 6.45) is 0.938. The molecular weight excluding hydrogens is 646 g/mol. The number of carboxylic acids is 1. The number of carbonyl (C=O) groups is 2. The normalized spacial score (nSPS) is 17.0. The van der Waals surface area contributed by atoms with Crippen molar-refractivity contribution in [1.82, 2.24) is 24.3 Å². The number of aliphatic carboxylic acids is 1. The van der Waals surface area contributed by atoms with E-state index in [9.17, 15) is 25.1 Å². The second kappa shape index (κ2) is 13.8. The van der Waals surface area contributed by atoms with Crippen LogP contribution in [0, 0.1) is 31.1 Å². The highest BCUT2D eigenvalue weighted by Gasteiger charge is 2.29. The number of carbonyl (C=O) groups excluding carboxylic acids is 1. The largest absolute Gasteiger partial charge is 0.481 e. The molecule has 0 bridgehead atoms. The van der Waals surface area contributed by atoms with Gasteiger partial charge in [-0.2, -0.15) is 5.26 Å². The van der Waals surface area contributed by atoms with Gasteiger partial charge in [0, 0.05) is 63.1 Å². The van der Waals surface area contributed by atoms with Crippen molar-refractivity contribution in [3.63, 3.8) is 0 Å². The molecule has 2 atom stereocenters. The number of nitriles is 1. The van der Waals surface area contributed by atoms with Crippen molar-refractivity contribution in [3.05, 3.63) is 88.0 Å². The smallest absolute Gasteiger partial charge is 0.307 e. The Morgan fingerprint density at radius 1 is 1.06 bits per heavy atom. The standard InChI is InChI=1S/C39H41N7O5/c1-22(47)18-45-14-12-34-33(21-45)41-36(44(34)4)37(48)42-31-10-6-8-29(24(31)3)28-7-5-9-30(23(28)2)38-43-32-16-25(15-27(17-40)35(32)51-38)19-46-13-11-26(20-46)39(49)50/h5-10,15-16,22,26,47H,11-14,18-21H2,1-4H3,(H,42,48)(H,49,50)/t22-,26-/m0/s1. The van der Waals surface area contributed by atoms with Gasteiger partial charge in [-0.05, 0) is 85.8 Å². The molecule has 0 spiro atoms. The number of nitrogens with zero attached hydrogens (tertiary/aromatic N) is 6. The number of imidazole rings is 1. The monoisotopic (exact) mass is 687 g/mol. The lowest BCUT2D eigenvalue weighted by atomic mass is 9.93. The van der Waals surface area contributed by atoms with E-state index >= 15 is 0 Å². The van der Waals surface area contributed by atoms with E-state index in [0.717, 1.165) is 57.7 Å². The molecule has 0 radical (unpaired) electrons. The molecule has 7 rings (SSSR count). The summed E-state index contributed by atoms with van der Waals surface area (Å²) in [5.74, 6) is -0.689. The van der Waals surface area contributed by atoms with E-state index in [2.05, 4.69) is 21.2 Å². The van der Waals surface area contributed by atoms with Crippen LogP contribution in [0.1, 0.15) is 57.6 Å². The van der Waals surface area contributed by atoms with Crippen molar-refractivity contribution in [3.8, 4) is 28.7 Å². The Kier molecular flexibility index (Phi) is 9.20. The summed E-state index contributed by atoms with van der Waals surface area (Å²) < 4.78 is 8.12. The molecule has 1 saturated heterocycles. The van der Waals surface area contributed by atoms with Gasteiger partial charge in [0.2, 0.25) is 5.89 Å². The topological polar surface area (TPSA) is 161 Å². The number of hydrogen-bond acceptors (Lipinski definition) is 9. The molecule has 3 aromatic carbocycles.